The van der Waals surface area contributed by atoms with Gasteiger partial charge < -0.3 is 9.66 Å². The van der Waals surface area contributed by atoms with E-state index in [1.54, 1.807) is 6.92 Å². The fourth-order valence-electron chi connectivity index (χ4n) is 1.23. The fraction of sp³-hybridized carbons (Fsp3) is 0.300. The average Bonchev–Trinajstić information content (AvgIpc) is 2.16. The molecule has 0 spiro atoms. The Morgan fingerprint density at radius 1 is 1.53 bits per heavy atom. The van der Waals surface area contributed by atoms with Crippen molar-refractivity contribution in [2.75, 3.05) is 0 Å². The topological polar surface area (TPSA) is 77.4 Å². The van der Waals surface area contributed by atoms with Crippen molar-refractivity contribution in [3.8, 4) is 5.75 Å². The Morgan fingerprint density at radius 2 is 2.20 bits per heavy atom. The summed E-state index contributed by atoms with van der Waals surface area (Å²) in [4.78, 5) is 11.3. The highest BCUT2D eigenvalue weighted by molar-refractivity contribution is 7.78. The van der Waals surface area contributed by atoms with Crippen LogP contribution in [0.4, 0.5) is 0 Å². The van der Waals surface area contributed by atoms with Gasteiger partial charge in [0, 0.05) is 12.2 Å². The smallest absolute Gasteiger partial charge is 0.166 e. The molecule has 1 N–H and O–H groups in total. The predicted molar refractivity (Wildman–Crippen MR) is 55.4 cm³/mol. The van der Waals surface area contributed by atoms with Crippen molar-refractivity contribution in [3.63, 3.8) is 0 Å². The van der Waals surface area contributed by atoms with Gasteiger partial charge in [-0.05, 0) is 17.7 Å². The van der Waals surface area contributed by atoms with E-state index >= 15 is 0 Å². The van der Waals surface area contributed by atoms with Gasteiger partial charge in [-0.3, -0.25) is 9.00 Å². The zero-order valence-electron chi connectivity index (χ0n) is 8.23. The normalized spacial score (nSPS) is 12.4. The molecule has 0 aliphatic heterocycles. The molecule has 1 rings (SSSR count). The van der Waals surface area contributed by atoms with E-state index in [2.05, 4.69) is 0 Å². The molecule has 0 radical (unpaired) electrons. The maximum Gasteiger partial charge on any atom is 0.166 e. The highest BCUT2D eigenvalue weighted by Gasteiger charge is 2.09. The fourth-order valence-corrected chi connectivity index (χ4v) is 1.68. The number of aromatic hydroxyl groups is 1. The zero-order chi connectivity index (χ0) is 11.4. The quantitative estimate of drug-likeness (QED) is 0.622. The molecule has 0 fully saturated rings. The number of benzene rings is 1. The average molecular weight is 227 g/mol. The Kier molecular flexibility index (Phi) is 3.99. The van der Waals surface area contributed by atoms with Gasteiger partial charge in [-0.25, -0.2) is 0 Å². The lowest BCUT2D eigenvalue weighted by Gasteiger charge is -2.07. The third-order valence-electron chi connectivity index (χ3n) is 1.97. The van der Waals surface area contributed by atoms with Crippen LogP contribution in [0.1, 0.15) is 29.3 Å². The van der Waals surface area contributed by atoms with Crippen molar-refractivity contribution < 1.29 is 18.7 Å². The molecule has 82 valence electrons. The first-order valence-corrected chi connectivity index (χ1v) is 5.70. The monoisotopic (exact) mass is 227 g/mol. The molecule has 0 saturated carbocycles. The summed E-state index contributed by atoms with van der Waals surface area (Å²) >= 11 is -2.19. The molecular weight excluding hydrogens is 216 g/mol. The van der Waals surface area contributed by atoms with Crippen LogP contribution in [0, 0.1) is 0 Å². The molecule has 1 aromatic rings. The van der Waals surface area contributed by atoms with Gasteiger partial charge in [0.05, 0.1) is 5.56 Å². The van der Waals surface area contributed by atoms with Crippen LogP contribution >= 0.6 is 0 Å². The lowest BCUT2D eigenvalue weighted by atomic mass is 10.1. The number of hydrogen-bond donors (Lipinski definition) is 1. The summed E-state index contributed by atoms with van der Waals surface area (Å²) < 4.78 is 20.8. The largest absolute Gasteiger partial charge is 0.772 e. The summed E-state index contributed by atoms with van der Waals surface area (Å²) in [5.41, 5.74) is 0.700. The Balaban J connectivity index is 2.97. The Hall–Kier alpha value is -1.20. The summed E-state index contributed by atoms with van der Waals surface area (Å²) in [6.07, 6.45) is 0.306. The number of ketones is 1. The Morgan fingerprint density at radius 3 is 2.67 bits per heavy atom. The number of phenols is 1. The molecule has 15 heavy (non-hydrogen) atoms. The number of phenolic OH excluding ortho intramolecular Hbond substituents is 1. The van der Waals surface area contributed by atoms with E-state index in [0.29, 0.717) is 12.0 Å². The third-order valence-corrected chi connectivity index (χ3v) is 2.54. The second-order valence-corrected chi connectivity index (χ2v) is 3.97. The van der Waals surface area contributed by atoms with Gasteiger partial charge in [0.15, 0.2) is 5.78 Å². The van der Waals surface area contributed by atoms with Crippen molar-refractivity contribution >= 4 is 16.9 Å². The number of rotatable bonds is 4. The van der Waals surface area contributed by atoms with Gasteiger partial charge in [0.25, 0.3) is 0 Å². The van der Waals surface area contributed by atoms with Gasteiger partial charge >= 0.3 is 0 Å². The van der Waals surface area contributed by atoms with Gasteiger partial charge in [0.2, 0.25) is 0 Å². The van der Waals surface area contributed by atoms with Crippen LogP contribution in [0.3, 0.4) is 0 Å². The van der Waals surface area contributed by atoms with Gasteiger partial charge in [0.1, 0.15) is 5.75 Å². The highest BCUT2D eigenvalue weighted by Crippen LogP contribution is 2.20. The van der Waals surface area contributed by atoms with Crippen molar-refractivity contribution in [2.45, 2.75) is 19.1 Å². The van der Waals surface area contributed by atoms with Crippen LogP contribution in [0.25, 0.3) is 0 Å². The summed E-state index contributed by atoms with van der Waals surface area (Å²) in [6.45, 7) is 1.70. The number of hydrogen-bond acceptors (Lipinski definition) is 4. The van der Waals surface area contributed by atoms with E-state index in [9.17, 15) is 18.7 Å². The van der Waals surface area contributed by atoms with Crippen molar-refractivity contribution in [1.82, 2.24) is 0 Å². The molecule has 4 nitrogen and oxygen atoms in total. The van der Waals surface area contributed by atoms with Gasteiger partial charge in [-0.1, -0.05) is 24.1 Å². The summed E-state index contributed by atoms with van der Waals surface area (Å²) in [5, 5.41) is 9.48. The first-order valence-electron chi connectivity index (χ1n) is 4.45. The molecule has 1 aromatic carbocycles. The van der Waals surface area contributed by atoms with E-state index in [0.717, 1.165) is 0 Å². The predicted octanol–water partition coefficient (Wildman–Crippen LogP) is 1.36. The van der Waals surface area contributed by atoms with E-state index in [-0.39, 0.29) is 22.8 Å². The van der Waals surface area contributed by atoms with Crippen molar-refractivity contribution in [2.24, 2.45) is 0 Å². The van der Waals surface area contributed by atoms with Crippen LogP contribution in [0.15, 0.2) is 18.2 Å². The first-order chi connectivity index (χ1) is 7.04. The maximum atomic E-state index is 11.3. The summed E-state index contributed by atoms with van der Waals surface area (Å²) in [6, 6.07) is 4.28. The lowest BCUT2D eigenvalue weighted by Crippen LogP contribution is -1.99. The molecule has 0 amide bonds. The summed E-state index contributed by atoms with van der Waals surface area (Å²) in [7, 11) is 0. The second-order valence-electron chi connectivity index (χ2n) is 3.08. The maximum absolute atomic E-state index is 11.3. The van der Waals surface area contributed by atoms with Crippen LogP contribution in [0.5, 0.6) is 5.75 Å². The van der Waals surface area contributed by atoms with E-state index in [4.69, 9.17) is 0 Å². The molecular formula is C10H11O4S-. The van der Waals surface area contributed by atoms with Crippen molar-refractivity contribution in [1.29, 1.82) is 0 Å². The third kappa shape index (κ3) is 3.14. The van der Waals surface area contributed by atoms with Crippen LogP contribution < -0.4 is 0 Å². The van der Waals surface area contributed by atoms with E-state index < -0.39 is 11.1 Å². The van der Waals surface area contributed by atoms with E-state index in [1.165, 1.54) is 18.2 Å². The lowest BCUT2D eigenvalue weighted by molar-refractivity contribution is 0.0985. The van der Waals surface area contributed by atoms with Crippen LogP contribution in [-0.4, -0.2) is 19.7 Å². The first kappa shape index (κ1) is 11.9. The molecule has 0 heterocycles. The minimum Gasteiger partial charge on any atom is -0.772 e. The van der Waals surface area contributed by atoms with E-state index in [1.807, 2.05) is 0 Å². The molecule has 1 atom stereocenters. The minimum absolute atomic E-state index is 0.159. The molecule has 5 heteroatoms. The van der Waals surface area contributed by atoms with Crippen LogP contribution in [0.2, 0.25) is 0 Å². The number of carbonyl (C=O) groups excluding carboxylic acids is 1. The van der Waals surface area contributed by atoms with Gasteiger partial charge in [-0.2, -0.15) is 0 Å². The van der Waals surface area contributed by atoms with Crippen LogP contribution in [-0.2, 0) is 16.8 Å². The second kappa shape index (κ2) is 5.04. The molecule has 0 aromatic heterocycles. The molecule has 0 aliphatic rings. The number of carbonyl (C=O) groups is 1. The number of Topliss-reactive ketones (excluding diaryl/α,β-unsaturated/α-hetero) is 1. The standard InChI is InChI=1S/C10H12O4S/c1-2-9(11)8-4-3-7(5-10(8)12)6-15(13)14/h3-5,12H,2,6H2,1H3,(H,13,14)/p-1. The molecule has 0 aliphatic carbocycles. The SMILES string of the molecule is CCC(=O)c1ccc(CS(=O)[O-])cc1O. The minimum atomic E-state index is -2.19. The molecule has 0 bridgehead atoms. The van der Waals surface area contributed by atoms with Crippen molar-refractivity contribution in [3.05, 3.63) is 29.3 Å². The Labute approximate surface area is 90.2 Å². The highest BCUT2D eigenvalue weighted by atomic mass is 32.2. The Bertz CT molecular complexity index is 400. The summed E-state index contributed by atoms with van der Waals surface area (Å²) in [5.74, 6) is -0.485. The molecule has 0 saturated heterocycles. The molecule has 1 unspecified atom stereocenters. The zero-order valence-corrected chi connectivity index (χ0v) is 9.04. The van der Waals surface area contributed by atoms with Gasteiger partial charge in [-0.15, -0.1) is 0 Å².